The second-order valence-electron chi connectivity index (χ2n) is 17.1. The standard InChI is InChI=1S/C45H59N9O5/c1-4-37-44(58)52(2)38-27-47-45(51-41(38)54(37)34-7-5-6-8-34)49-36-19-11-30(25-39(36)59-3)42(56)48-32-14-16-33(17-15-32)53-23-21-28(22-24-53)26-46-31-12-9-29(10-13-31)35-18-20-40(55)50-43(35)57/h9-13,19,25,27-28,32-35,37,46H,4-8,14-18,20-24,26H2,1-3H3,(H,48,56)(H,47,49,51)(H,50,55,57)/t32?,33?,35?,37-/m1/s1. The van der Waals surface area contributed by atoms with E-state index in [9.17, 15) is 19.2 Å². The largest absolute Gasteiger partial charge is 0.495 e. The van der Waals surface area contributed by atoms with Crippen LogP contribution in [0.4, 0.5) is 28.8 Å². The maximum atomic E-state index is 13.5. The van der Waals surface area contributed by atoms with Crippen LogP contribution in [-0.4, -0.2) is 96.5 Å². The van der Waals surface area contributed by atoms with Crippen LogP contribution in [0.15, 0.2) is 48.7 Å². The van der Waals surface area contributed by atoms with Crippen molar-refractivity contribution in [3.63, 3.8) is 0 Å². The SMILES string of the molecule is CC[C@@H]1C(=O)N(C)c2cnc(Nc3ccc(C(=O)NC4CCC(N5CCC(CNc6ccc(C7CCC(=O)NC7=O)cc6)CC5)CC4)cc3OC)nc2N1C1CCCC1. The van der Waals surface area contributed by atoms with Crippen LogP contribution >= 0.6 is 0 Å². The Bertz CT molecular complexity index is 2000. The average molecular weight is 806 g/mol. The zero-order valence-electron chi connectivity index (χ0n) is 34.7. The molecule has 0 spiro atoms. The van der Waals surface area contributed by atoms with Crippen molar-refractivity contribution in [2.45, 2.75) is 120 Å². The Balaban J connectivity index is 0.798. The Hall–Kier alpha value is -5.24. The summed E-state index contributed by atoms with van der Waals surface area (Å²) in [6.07, 6.45) is 14.1. The first kappa shape index (κ1) is 40.5. The number of carbonyl (C=O) groups excluding carboxylic acids is 4. The van der Waals surface area contributed by atoms with E-state index in [2.05, 4.69) is 43.0 Å². The predicted octanol–water partition coefficient (Wildman–Crippen LogP) is 6.12. The van der Waals surface area contributed by atoms with Crippen LogP contribution < -0.4 is 35.8 Å². The summed E-state index contributed by atoms with van der Waals surface area (Å²) >= 11 is 0. The number of hydrogen-bond acceptors (Lipinski definition) is 11. The number of methoxy groups -OCH3 is 1. The maximum absolute atomic E-state index is 13.5. The highest BCUT2D eigenvalue weighted by Crippen LogP contribution is 2.40. The number of carbonyl (C=O) groups is 4. The first-order valence-corrected chi connectivity index (χ1v) is 21.8. The molecule has 4 fully saturated rings. The zero-order valence-corrected chi connectivity index (χ0v) is 34.7. The Morgan fingerprint density at radius 2 is 1.66 bits per heavy atom. The molecule has 4 N–H and O–H groups in total. The topological polar surface area (TPSA) is 161 Å². The van der Waals surface area contributed by atoms with Crippen LogP contribution in [0.25, 0.3) is 0 Å². The van der Waals surface area contributed by atoms with Gasteiger partial charge in [-0.25, -0.2) is 4.98 Å². The number of nitrogens with zero attached hydrogens (tertiary/aromatic N) is 5. The summed E-state index contributed by atoms with van der Waals surface area (Å²) < 4.78 is 5.74. The molecule has 3 aromatic rings. The molecular weight excluding hydrogens is 747 g/mol. The lowest BCUT2D eigenvalue weighted by atomic mass is 9.87. The van der Waals surface area contributed by atoms with E-state index in [1.54, 1.807) is 31.3 Å². The van der Waals surface area contributed by atoms with Gasteiger partial charge in [-0.05, 0) is 119 Å². The van der Waals surface area contributed by atoms with E-state index >= 15 is 0 Å². The molecule has 14 nitrogen and oxygen atoms in total. The molecule has 2 aromatic carbocycles. The number of fused-ring (bicyclic) bond motifs is 1. The second kappa shape index (κ2) is 17.9. The minimum absolute atomic E-state index is 0.0801. The number of hydrogen-bond donors (Lipinski definition) is 4. The highest BCUT2D eigenvalue weighted by Gasteiger charge is 2.41. The number of ether oxygens (including phenoxy) is 1. The minimum Gasteiger partial charge on any atom is -0.495 e. The van der Waals surface area contributed by atoms with E-state index in [0.29, 0.717) is 59.9 Å². The quantitative estimate of drug-likeness (QED) is 0.156. The number of likely N-dealkylation sites (tertiary alicyclic amines) is 1. The lowest BCUT2D eigenvalue weighted by Crippen LogP contribution is -2.55. The van der Waals surface area contributed by atoms with Crippen molar-refractivity contribution in [3.05, 3.63) is 59.8 Å². The second-order valence-corrected chi connectivity index (χ2v) is 17.1. The normalized spacial score (nSPS) is 24.4. The van der Waals surface area contributed by atoms with Crippen LogP contribution in [0.3, 0.4) is 0 Å². The van der Waals surface area contributed by atoms with Gasteiger partial charge in [0.25, 0.3) is 5.91 Å². The Kier molecular flexibility index (Phi) is 12.3. The fourth-order valence-corrected chi connectivity index (χ4v) is 9.98. The molecule has 1 unspecified atom stereocenters. The minimum atomic E-state index is -0.258. The molecule has 2 atom stereocenters. The van der Waals surface area contributed by atoms with Crippen molar-refractivity contribution < 1.29 is 23.9 Å². The molecule has 2 aliphatic carbocycles. The van der Waals surface area contributed by atoms with Gasteiger partial charge in [-0.3, -0.25) is 24.5 Å². The number of rotatable bonds is 12. The molecule has 59 heavy (non-hydrogen) atoms. The molecule has 0 bridgehead atoms. The molecule has 4 heterocycles. The van der Waals surface area contributed by atoms with Gasteiger partial charge in [0, 0.05) is 49.4 Å². The number of likely N-dealkylation sites (N-methyl/N-ethyl adjacent to an activating group) is 1. The van der Waals surface area contributed by atoms with Gasteiger partial charge in [-0.15, -0.1) is 0 Å². The van der Waals surface area contributed by atoms with E-state index in [1.165, 1.54) is 0 Å². The van der Waals surface area contributed by atoms with E-state index in [-0.39, 0.29) is 47.7 Å². The van der Waals surface area contributed by atoms with Gasteiger partial charge < -0.3 is 35.4 Å². The van der Waals surface area contributed by atoms with E-state index in [4.69, 9.17) is 9.72 Å². The average Bonchev–Trinajstić information content (AvgIpc) is 3.80. The van der Waals surface area contributed by atoms with Crippen LogP contribution in [0, 0.1) is 5.92 Å². The predicted molar refractivity (Wildman–Crippen MR) is 228 cm³/mol. The summed E-state index contributed by atoms with van der Waals surface area (Å²) in [5, 5.41) is 12.7. The molecule has 8 rings (SSSR count). The molecule has 314 valence electrons. The van der Waals surface area contributed by atoms with Crippen molar-refractivity contribution in [1.29, 1.82) is 0 Å². The number of benzene rings is 2. The van der Waals surface area contributed by atoms with Crippen molar-refractivity contribution in [1.82, 2.24) is 25.5 Å². The van der Waals surface area contributed by atoms with Crippen LogP contribution in [0.5, 0.6) is 5.75 Å². The molecule has 0 radical (unpaired) electrons. The molecule has 4 amide bonds. The zero-order chi connectivity index (χ0) is 41.0. The van der Waals surface area contributed by atoms with Gasteiger partial charge in [-0.2, -0.15) is 4.98 Å². The fourth-order valence-electron chi connectivity index (χ4n) is 9.98. The number of aromatic nitrogens is 2. The van der Waals surface area contributed by atoms with Crippen molar-refractivity contribution in [3.8, 4) is 5.75 Å². The van der Waals surface area contributed by atoms with Crippen molar-refractivity contribution in [2.24, 2.45) is 5.92 Å². The number of piperidine rings is 2. The molecule has 3 aliphatic heterocycles. The maximum Gasteiger partial charge on any atom is 0.251 e. The van der Waals surface area contributed by atoms with Gasteiger partial charge in [0.15, 0.2) is 5.82 Å². The summed E-state index contributed by atoms with van der Waals surface area (Å²) in [6, 6.07) is 14.2. The molecule has 14 heteroatoms. The van der Waals surface area contributed by atoms with Gasteiger partial charge >= 0.3 is 0 Å². The number of anilines is 5. The Morgan fingerprint density at radius 1 is 0.915 bits per heavy atom. The van der Waals surface area contributed by atoms with E-state index in [1.807, 2.05) is 36.4 Å². The number of amides is 4. The van der Waals surface area contributed by atoms with Gasteiger partial charge in [0.1, 0.15) is 17.5 Å². The lowest BCUT2D eigenvalue weighted by Gasteiger charge is -2.43. The highest BCUT2D eigenvalue weighted by atomic mass is 16.5. The third-order valence-corrected chi connectivity index (χ3v) is 13.5. The summed E-state index contributed by atoms with van der Waals surface area (Å²) in [5.74, 6) is 1.65. The highest BCUT2D eigenvalue weighted by molar-refractivity contribution is 6.04. The van der Waals surface area contributed by atoms with Crippen LogP contribution in [-0.2, 0) is 14.4 Å². The van der Waals surface area contributed by atoms with Gasteiger partial charge in [0.05, 0.1) is 24.9 Å². The van der Waals surface area contributed by atoms with Gasteiger partial charge in [0.2, 0.25) is 23.7 Å². The van der Waals surface area contributed by atoms with E-state index in [0.717, 1.165) is 101 Å². The third-order valence-electron chi connectivity index (χ3n) is 13.5. The van der Waals surface area contributed by atoms with Gasteiger partial charge in [-0.1, -0.05) is 31.9 Å². The fraction of sp³-hybridized carbons (Fsp3) is 0.556. The first-order chi connectivity index (χ1) is 28.7. The number of imide groups is 1. The van der Waals surface area contributed by atoms with Crippen molar-refractivity contribution in [2.75, 3.05) is 54.2 Å². The molecule has 2 saturated carbocycles. The molecule has 1 aromatic heterocycles. The third kappa shape index (κ3) is 8.88. The van der Waals surface area contributed by atoms with Crippen LogP contribution in [0.2, 0.25) is 0 Å². The smallest absolute Gasteiger partial charge is 0.251 e. The van der Waals surface area contributed by atoms with E-state index < -0.39 is 0 Å². The Morgan fingerprint density at radius 3 is 2.36 bits per heavy atom. The molecule has 2 saturated heterocycles. The lowest BCUT2D eigenvalue weighted by molar-refractivity contribution is -0.134. The summed E-state index contributed by atoms with van der Waals surface area (Å²) in [4.78, 5) is 66.6. The summed E-state index contributed by atoms with van der Waals surface area (Å²) in [5.41, 5.74) is 3.92. The van der Waals surface area contributed by atoms with Crippen molar-refractivity contribution >= 4 is 52.5 Å². The summed E-state index contributed by atoms with van der Waals surface area (Å²) in [6.45, 7) is 5.16. The van der Waals surface area contributed by atoms with Crippen LogP contribution in [0.1, 0.15) is 112 Å². The first-order valence-electron chi connectivity index (χ1n) is 21.8. The Labute approximate surface area is 347 Å². The number of nitrogens with one attached hydrogen (secondary N) is 4. The monoisotopic (exact) mass is 805 g/mol. The molecule has 5 aliphatic rings. The molecular formula is C45H59N9O5. The summed E-state index contributed by atoms with van der Waals surface area (Å²) in [7, 11) is 3.39.